The second kappa shape index (κ2) is 5.93. The van der Waals surface area contributed by atoms with E-state index in [-0.39, 0.29) is 5.75 Å². The molecule has 21 heavy (non-hydrogen) atoms. The van der Waals surface area contributed by atoms with E-state index in [4.69, 9.17) is 0 Å². The minimum atomic E-state index is 0.180. The van der Waals surface area contributed by atoms with Crippen LogP contribution in [-0.4, -0.2) is 16.3 Å². The first-order valence-electron chi connectivity index (χ1n) is 6.35. The zero-order valence-corrected chi connectivity index (χ0v) is 12.6. The van der Waals surface area contributed by atoms with Crippen molar-refractivity contribution in [2.45, 2.75) is 0 Å². The highest BCUT2D eigenvalue weighted by Crippen LogP contribution is 2.22. The monoisotopic (exact) mass is 341 g/mol. The number of phenols is 1. The Hall–Kier alpha value is -2.40. The molecule has 0 saturated carbocycles. The maximum atomic E-state index is 9.75. The van der Waals surface area contributed by atoms with Crippen LogP contribution in [0.5, 0.6) is 5.75 Å². The molecule has 0 bridgehead atoms. The number of rotatable bonds is 3. The third-order valence-corrected chi connectivity index (χ3v) is 3.50. The number of pyridine rings is 1. The lowest BCUT2D eigenvalue weighted by atomic mass is 10.2. The van der Waals surface area contributed by atoms with Crippen LogP contribution in [0.15, 0.2) is 64.3 Å². The minimum absolute atomic E-state index is 0.180. The normalized spacial score (nSPS) is 11.1. The Kier molecular flexibility index (Phi) is 3.83. The summed E-state index contributed by atoms with van der Waals surface area (Å²) < 4.78 is 0.883. The molecule has 0 saturated heterocycles. The second-order valence-electron chi connectivity index (χ2n) is 4.45. The highest BCUT2D eigenvalue weighted by atomic mass is 79.9. The molecular formula is C16H12BrN3O. The lowest BCUT2D eigenvalue weighted by Crippen LogP contribution is -1.93. The van der Waals surface area contributed by atoms with Gasteiger partial charge >= 0.3 is 0 Å². The third-order valence-electron chi connectivity index (χ3n) is 3.01. The van der Waals surface area contributed by atoms with Gasteiger partial charge in [-0.2, -0.15) is 5.10 Å². The molecule has 2 N–H and O–H groups in total. The largest absolute Gasteiger partial charge is 0.507 e. The van der Waals surface area contributed by atoms with Gasteiger partial charge in [-0.05, 0) is 30.3 Å². The van der Waals surface area contributed by atoms with Crippen molar-refractivity contribution in [1.29, 1.82) is 0 Å². The second-order valence-corrected chi connectivity index (χ2v) is 5.37. The first kappa shape index (κ1) is 13.6. The van der Waals surface area contributed by atoms with Crippen molar-refractivity contribution in [2.75, 3.05) is 5.43 Å². The Labute approximate surface area is 130 Å². The number of aromatic hydroxyl groups is 1. The fourth-order valence-corrected chi connectivity index (χ4v) is 2.37. The number of hydrogen-bond acceptors (Lipinski definition) is 4. The van der Waals surface area contributed by atoms with Gasteiger partial charge in [-0.15, -0.1) is 0 Å². The summed E-state index contributed by atoms with van der Waals surface area (Å²) in [4.78, 5) is 4.35. The van der Waals surface area contributed by atoms with Crippen LogP contribution in [-0.2, 0) is 0 Å². The highest BCUT2D eigenvalue weighted by molar-refractivity contribution is 9.10. The summed E-state index contributed by atoms with van der Waals surface area (Å²) in [6.07, 6.45) is 3.32. The van der Waals surface area contributed by atoms with Gasteiger partial charge in [0.15, 0.2) is 0 Å². The predicted molar refractivity (Wildman–Crippen MR) is 88.8 cm³/mol. The fourth-order valence-electron chi connectivity index (χ4n) is 1.99. The van der Waals surface area contributed by atoms with Gasteiger partial charge in [0.1, 0.15) is 5.75 Å². The van der Waals surface area contributed by atoms with Crippen molar-refractivity contribution in [3.05, 3.63) is 64.8 Å². The number of hydrogen-bond donors (Lipinski definition) is 2. The van der Waals surface area contributed by atoms with Gasteiger partial charge < -0.3 is 5.11 Å². The molecular weight excluding hydrogens is 330 g/mol. The number of phenolic OH excluding ortho intramolecular Hbond substituents is 1. The summed E-state index contributed by atoms with van der Waals surface area (Å²) in [5.74, 6) is 0.180. The van der Waals surface area contributed by atoms with E-state index in [1.54, 1.807) is 30.6 Å². The summed E-state index contributed by atoms with van der Waals surface area (Å²) in [5, 5.41) is 15.0. The molecule has 0 amide bonds. The van der Waals surface area contributed by atoms with Crippen LogP contribution in [0.25, 0.3) is 10.9 Å². The average Bonchev–Trinajstić information content (AvgIpc) is 2.51. The van der Waals surface area contributed by atoms with Crippen LogP contribution in [0.4, 0.5) is 5.69 Å². The van der Waals surface area contributed by atoms with Crippen LogP contribution in [0.2, 0.25) is 0 Å². The maximum Gasteiger partial charge on any atom is 0.124 e. The minimum Gasteiger partial charge on any atom is -0.507 e. The first-order valence-corrected chi connectivity index (χ1v) is 7.15. The molecule has 0 atom stereocenters. The number of fused-ring (bicyclic) bond motifs is 1. The third kappa shape index (κ3) is 3.03. The van der Waals surface area contributed by atoms with Crippen LogP contribution < -0.4 is 5.43 Å². The number of aromatic nitrogens is 1. The van der Waals surface area contributed by atoms with Crippen LogP contribution >= 0.6 is 15.9 Å². The number of para-hydroxylation sites is 1. The Balaban J connectivity index is 1.86. The van der Waals surface area contributed by atoms with Gasteiger partial charge in [0, 0.05) is 21.6 Å². The molecule has 3 rings (SSSR count). The Bertz CT molecular complexity index is 812. The maximum absolute atomic E-state index is 9.75. The zero-order valence-electron chi connectivity index (χ0n) is 11.0. The number of benzene rings is 2. The van der Waals surface area contributed by atoms with E-state index >= 15 is 0 Å². The van der Waals surface area contributed by atoms with E-state index in [9.17, 15) is 5.11 Å². The van der Waals surface area contributed by atoms with E-state index in [0.29, 0.717) is 5.56 Å². The molecule has 2 aromatic carbocycles. The molecule has 0 spiro atoms. The highest BCUT2D eigenvalue weighted by Gasteiger charge is 2.01. The summed E-state index contributed by atoms with van der Waals surface area (Å²) in [5.41, 5.74) is 5.27. The number of nitrogens with one attached hydrogen (secondary N) is 1. The van der Waals surface area contributed by atoms with Crippen LogP contribution in [0.3, 0.4) is 0 Å². The molecule has 0 unspecified atom stereocenters. The van der Waals surface area contributed by atoms with Crippen molar-refractivity contribution in [2.24, 2.45) is 5.10 Å². The van der Waals surface area contributed by atoms with Gasteiger partial charge in [0.25, 0.3) is 0 Å². The molecule has 0 aliphatic rings. The van der Waals surface area contributed by atoms with Gasteiger partial charge in [-0.3, -0.25) is 10.4 Å². The molecule has 1 aromatic heterocycles. The Morgan fingerprint density at radius 1 is 1.14 bits per heavy atom. The SMILES string of the molecule is Oc1ccc(Br)cc1/C=N\Nc1cccc2cccnc12. The standard InChI is InChI=1S/C16H12BrN3O/c17-13-6-7-15(21)12(9-13)10-19-20-14-5-1-3-11-4-2-8-18-16(11)14/h1-10,20-21H/b19-10-. The van der Waals surface area contributed by atoms with E-state index in [1.165, 1.54) is 0 Å². The molecule has 4 nitrogen and oxygen atoms in total. The first-order chi connectivity index (χ1) is 10.2. The lowest BCUT2D eigenvalue weighted by molar-refractivity contribution is 0.474. The van der Waals surface area contributed by atoms with Crippen molar-refractivity contribution in [3.63, 3.8) is 0 Å². The summed E-state index contributed by atoms with van der Waals surface area (Å²) in [6.45, 7) is 0. The molecule has 3 aromatic rings. The van der Waals surface area contributed by atoms with Crippen molar-refractivity contribution >= 4 is 38.7 Å². The van der Waals surface area contributed by atoms with Crippen LogP contribution in [0, 0.1) is 0 Å². The smallest absolute Gasteiger partial charge is 0.124 e. The molecule has 5 heteroatoms. The molecule has 0 aliphatic heterocycles. The molecule has 0 radical (unpaired) electrons. The summed E-state index contributed by atoms with van der Waals surface area (Å²) in [6, 6.07) is 14.9. The lowest BCUT2D eigenvalue weighted by Gasteiger charge is -2.04. The quantitative estimate of drug-likeness (QED) is 0.555. The van der Waals surface area contributed by atoms with Crippen molar-refractivity contribution in [3.8, 4) is 5.75 Å². The molecule has 1 heterocycles. The van der Waals surface area contributed by atoms with Gasteiger partial charge in [0.05, 0.1) is 17.4 Å². The summed E-state index contributed by atoms with van der Waals surface area (Å²) in [7, 11) is 0. The van der Waals surface area contributed by atoms with Gasteiger partial charge in [0.2, 0.25) is 0 Å². The van der Waals surface area contributed by atoms with E-state index in [0.717, 1.165) is 21.1 Å². The molecule has 0 aliphatic carbocycles. The number of hydrazone groups is 1. The van der Waals surface area contributed by atoms with E-state index < -0.39 is 0 Å². The number of halogens is 1. The van der Waals surface area contributed by atoms with E-state index in [2.05, 4.69) is 31.4 Å². The molecule has 104 valence electrons. The Morgan fingerprint density at radius 2 is 2.00 bits per heavy atom. The zero-order chi connectivity index (χ0) is 14.7. The predicted octanol–water partition coefficient (Wildman–Crippen LogP) is 4.15. The van der Waals surface area contributed by atoms with E-state index in [1.807, 2.05) is 30.3 Å². The Morgan fingerprint density at radius 3 is 2.90 bits per heavy atom. The number of anilines is 1. The van der Waals surface area contributed by atoms with Crippen molar-refractivity contribution in [1.82, 2.24) is 4.98 Å². The van der Waals surface area contributed by atoms with Gasteiger partial charge in [-0.1, -0.05) is 34.1 Å². The summed E-state index contributed by atoms with van der Waals surface area (Å²) >= 11 is 3.36. The van der Waals surface area contributed by atoms with Crippen molar-refractivity contribution < 1.29 is 5.11 Å². The van der Waals surface area contributed by atoms with Crippen LogP contribution in [0.1, 0.15) is 5.56 Å². The average molecular weight is 342 g/mol. The fraction of sp³-hybridized carbons (Fsp3) is 0. The topological polar surface area (TPSA) is 57.5 Å². The van der Waals surface area contributed by atoms with Gasteiger partial charge in [-0.25, -0.2) is 0 Å². The number of nitrogens with zero attached hydrogens (tertiary/aromatic N) is 2. The molecule has 0 fully saturated rings.